The summed E-state index contributed by atoms with van der Waals surface area (Å²) in [5.74, 6) is 2.70. The van der Waals surface area contributed by atoms with Crippen LogP contribution in [0, 0.1) is 12.8 Å². The van der Waals surface area contributed by atoms with Crippen LogP contribution in [0.15, 0.2) is 71.3 Å². The van der Waals surface area contributed by atoms with Gasteiger partial charge in [-0.15, -0.1) is 0 Å². The van der Waals surface area contributed by atoms with Crippen molar-refractivity contribution in [2.45, 2.75) is 45.3 Å². The second-order valence-electron chi connectivity index (χ2n) is 9.17. The highest BCUT2D eigenvalue weighted by Gasteiger charge is 2.31. The van der Waals surface area contributed by atoms with E-state index in [-0.39, 0.29) is 0 Å². The van der Waals surface area contributed by atoms with Crippen LogP contribution in [-0.4, -0.2) is 54.2 Å². The maximum Gasteiger partial charge on any atom is 0.118 e. The topological polar surface area (TPSA) is 41.7 Å². The van der Waals surface area contributed by atoms with Gasteiger partial charge in [-0.2, -0.15) is 0 Å². The summed E-state index contributed by atoms with van der Waals surface area (Å²) in [5.41, 5.74) is 2.52. The fourth-order valence-electron chi connectivity index (χ4n) is 5.01. The standard InChI is InChI=1S/C28H37N3O2/c1-23-11-12-27(33-23)22-30-16-13-25(14-17-30)28(20-24-8-4-3-5-9-24)31(18-19-32-2)21-26-10-6-7-15-29-26/h3-12,15,25,28H,13-14,16-22H2,1-2H3/t28-/m0/s1. The van der Waals surface area contributed by atoms with Gasteiger partial charge in [0.05, 0.1) is 18.8 Å². The van der Waals surface area contributed by atoms with Crippen molar-refractivity contribution in [3.8, 4) is 0 Å². The molecular formula is C28H37N3O2. The molecule has 1 saturated heterocycles. The highest BCUT2D eigenvalue weighted by atomic mass is 16.5. The van der Waals surface area contributed by atoms with Crippen molar-refractivity contribution in [1.82, 2.24) is 14.8 Å². The van der Waals surface area contributed by atoms with E-state index in [0.29, 0.717) is 12.0 Å². The van der Waals surface area contributed by atoms with Gasteiger partial charge in [-0.1, -0.05) is 36.4 Å². The van der Waals surface area contributed by atoms with Crippen LogP contribution in [0.5, 0.6) is 0 Å². The van der Waals surface area contributed by atoms with Crippen molar-refractivity contribution in [2.75, 3.05) is 33.4 Å². The first-order valence-electron chi connectivity index (χ1n) is 12.2. The maximum atomic E-state index is 5.82. The molecule has 2 aromatic heterocycles. The highest BCUT2D eigenvalue weighted by molar-refractivity contribution is 5.17. The zero-order valence-corrected chi connectivity index (χ0v) is 20.0. The molecule has 3 heterocycles. The largest absolute Gasteiger partial charge is 0.465 e. The fourth-order valence-corrected chi connectivity index (χ4v) is 5.01. The van der Waals surface area contributed by atoms with Gasteiger partial charge in [0.2, 0.25) is 0 Å². The van der Waals surface area contributed by atoms with E-state index in [2.05, 4.69) is 69.4 Å². The molecule has 0 unspecified atom stereocenters. The summed E-state index contributed by atoms with van der Waals surface area (Å²) >= 11 is 0. The molecule has 0 saturated carbocycles. The third-order valence-electron chi connectivity index (χ3n) is 6.78. The molecule has 1 fully saturated rings. The van der Waals surface area contributed by atoms with Crippen molar-refractivity contribution in [1.29, 1.82) is 0 Å². The number of likely N-dealkylation sites (tertiary alicyclic amines) is 1. The molecule has 0 bridgehead atoms. The molecule has 0 aliphatic carbocycles. The summed E-state index contributed by atoms with van der Waals surface area (Å²) in [4.78, 5) is 9.76. The number of ether oxygens (including phenoxy) is 1. The molecule has 176 valence electrons. The molecule has 5 nitrogen and oxygen atoms in total. The van der Waals surface area contributed by atoms with Crippen LogP contribution in [-0.2, 0) is 24.2 Å². The molecule has 33 heavy (non-hydrogen) atoms. The molecule has 5 heteroatoms. The molecule has 1 aliphatic heterocycles. The minimum Gasteiger partial charge on any atom is -0.465 e. The molecule has 1 atom stereocenters. The molecule has 0 N–H and O–H groups in total. The number of aryl methyl sites for hydroxylation is 1. The molecule has 0 spiro atoms. The van der Waals surface area contributed by atoms with E-state index < -0.39 is 0 Å². The summed E-state index contributed by atoms with van der Waals surface area (Å²) in [7, 11) is 1.79. The van der Waals surface area contributed by atoms with E-state index in [1.165, 1.54) is 18.4 Å². The van der Waals surface area contributed by atoms with Gasteiger partial charge in [-0.3, -0.25) is 14.8 Å². The Balaban J connectivity index is 1.48. The predicted octanol–water partition coefficient (Wildman–Crippen LogP) is 4.95. The fraction of sp³-hybridized carbons (Fsp3) is 0.464. The SMILES string of the molecule is COCCN(Cc1ccccn1)[C@@H](Cc1ccccc1)C1CCN(Cc2ccc(C)o2)CC1. The van der Waals surface area contributed by atoms with Gasteiger partial charge in [-0.05, 0) is 75.0 Å². The monoisotopic (exact) mass is 447 g/mol. The minimum atomic E-state index is 0.456. The second-order valence-corrected chi connectivity index (χ2v) is 9.17. The van der Waals surface area contributed by atoms with Crippen molar-refractivity contribution in [2.24, 2.45) is 5.92 Å². The number of aromatic nitrogens is 1. The van der Waals surface area contributed by atoms with Crippen LogP contribution in [0.3, 0.4) is 0 Å². The smallest absolute Gasteiger partial charge is 0.118 e. The van der Waals surface area contributed by atoms with Gasteiger partial charge in [-0.25, -0.2) is 0 Å². The molecule has 1 aliphatic rings. The zero-order valence-electron chi connectivity index (χ0n) is 20.0. The molecule has 0 amide bonds. The number of piperidine rings is 1. The Bertz CT molecular complexity index is 936. The van der Waals surface area contributed by atoms with Crippen LogP contribution in [0.1, 0.15) is 35.6 Å². The van der Waals surface area contributed by atoms with E-state index in [0.717, 1.165) is 63.0 Å². The average Bonchev–Trinajstić information content (AvgIpc) is 3.26. The molecular weight excluding hydrogens is 410 g/mol. The van der Waals surface area contributed by atoms with E-state index in [1.807, 2.05) is 19.2 Å². The number of methoxy groups -OCH3 is 1. The van der Waals surface area contributed by atoms with Gasteiger partial charge in [0.15, 0.2) is 0 Å². The van der Waals surface area contributed by atoms with Crippen LogP contribution in [0.4, 0.5) is 0 Å². The van der Waals surface area contributed by atoms with Gasteiger partial charge < -0.3 is 9.15 Å². The minimum absolute atomic E-state index is 0.456. The summed E-state index contributed by atoms with van der Waals surface area (Å²) in [6.07, 6.45) is 5.34. The van der Waals surface area contributed by atoms with Crippen LogP contribution in [0.25, 0.3) is 0 Å². The first kappa shape index (κ1) is 23.7. The Kier molecular flexibility index (Phi) is 8.70. The number of benzene rings is 1. The normalized spacial score (nSPS) is 16.3. The lowest BCUT2D eigenvalue weighted by Gasteiger charge is -2.41. The van der Waals surface area contributed by atoms with Gasteiger partial charge in [0, 0.05) is 32.4 Å². The summed E-state index contributed by atoms with van der Waals surface area (Å²) in [6, 6.07) is 21.8. The van der Waals surface area contributed by atoms with Crippen LogP contribution in [0.2, 0.25) is 0 Å². The highest BCUT2D eigenvalue weighted by Crippen LogP contribution is 2.29. The Labute approximate surface area is 198 Å². The van der Waals surface area contributed by atoms with Crippen molar-refractivity contribution in [3.63, 3.8) is 0 Å². The number of nitrogens with zero attached hydrogens (tertiary/aromatic N) is 3. The Hall–Kier alpha value is -2.47. The third kappa shape index (κ3) is 7.00. The number of hydrogen-bond acceptors (Lipinski definition) is 5. The van der Waals surface area contributed by atoms with Gasteiger partial charge >= 0.3 is 0 Å². The third-order valence-corrected chi connectivity index (χ3v) is 6.78. The van der Waals surface area contributed by atoms with E-state index in [4.69, 9.17) is 9.15 Å². The van der Waals surface area contributed by atoms with Crippen molar-refractivity contribution in [3.05, 3.63) is 89.6 Å². The molecule has 3 aromatic rings. The Morgan fingerprint density at radius 2 is 1.85 bits per heavy atom. The summed E-state index contributed by atoms with van der Waals surface area (Å²) < 4.78 is 11.3. The van der Waals surface area contributed by atoms with Crippen LogP contribution < -0.4 is 0 Å². The number of pyridine rings is 1. The lowest BCUT2D eigenvalue weighted by Crippen LogP contribution is -2.47. The second kappa shape index (κ2) is 12.1. The average molecular weight is 448 g/mol. The van der Waals surface area contributed by atoms with Crippen molar-refractivity contribution >= 4 is 0 Å². The zero-order chi connectivity index (χ0) is 22.9. The molecule has 0 radical (unpaired) electrons. The number of rotatable bonds is 11. The predicted molar refractivity (Wildman–Crippen MR) is 132 cm³/mol. The van der Waals surface area contributed by atoms with E-state index in [1.54, 1.807) is 7.11 Å². The Morgan fingerprint density at radius 1 is 1.06 bits per heavy atom. The van der Waals surface area contributed by atoms with Crippen molar-refractivity contribution < 1.29 is 9.15 Å². The molecule has 4 rings (SSSR count). The lowest BCUT2D eigenvalue weighted by atomic mass is 9.84. The van der Waals surface area contributed by atoms with Gasteiger partial charge in [0.25, 0.3) is 0 Å². The number of furan rings is 1. The summed E-state index contributed by atoms with van der Waals surface area (Å²) in [6.45, 7) is 7.64. The van der Waals surface area contributed by atoms with E-state index >= 15 is 0 Å². The Morgan fingerprint density at radius 3 is 2.52 bits per heavy atom. The maximum absolute atomic E-state index is 5.82. The lowest BCUT2D eigenvalue weighted by molar-refractivity contribution is 0.0550. The first-order valence-corrected chi connectivity index (χ1v) is 12.2. The van der Waals surface area contributed by atoms with Gasteiger partial charge in [0.1, 0.15) is 11.5 Å². The number of hydrogen-bond donors (Lipinski definition) is 0. The molecule has 1 aromatic carbocycles. The summed E-state index contributed by atoms with van der Waals surface area (Å²) in [5, 5.41) is 0. The van der Waals surface area contributed by atoms with Crippen LogP contribution >= 0.6 is 0 Å². The quantitative estimate of drug-likeness (QED) is 0.416. The first-order chi connectivity index (χ1) is 16.2. The van der Waals surface area contributed by atoms with E-state index in [9.17, 15) is 0 Å².